The van der Waals surface area contributed by atoms with Gasteiger partial charge in [-0.25, -0.2) is 0 Å². The van der Waals surface area contributed by atoms with Crippen LogP contribution in [-0.2, 0) is 29.6 Å². The molecule has 5 nitrogen and oxygen atoms in total. The van der Waals surface area contributed by atoms with E-state index >= 15 is 0 Å². The summed E-state index contributed by atoms with van der Waals surface area (Å²) in [6.45, 7) is 0.336. The molecule has 25 heavy (non-hydrogen) atoms. The van der Waals surface area contributed by atoms with Crippen molar-refractivity contribution in [2.75, 3.05) is 0 Å². The van der Waals surface area contributed by atoms with Gasteiger partial charge in [-0.1, -0.05) is 42.5 Å². The Morgan fingerprint density at radius 1 is 1.12 bits per heavy atom. The zero-order valence-corrected chi connectivity index (χ0v) is 14.1. The van der Waals surface area contributed by atoms with Crippen molar-refractivity contribution in [2.45, 2.75) is 19.4 Å². The molecule has 2 aromatic carbocycles. The van der Waals surface area contributed by atoms with Crippen LogP contribution in [0.5, 0.6) is 0 Å². The van der Waals surface area contributed by atoms with Gasteiger partial charge in [0.2, 0.25) is 11.8 Å². The predicted molar refractivity (Wildman–Crippen MR) is 94.5 cm³/mol. The number of rotatable bonds is 4. The lowest BCUT2D eigenvalue weighted by Crippen LogP contribution is -2.30. The highest BCUT2D eigenvalue weighted by molar-refractivity contribution is 6.03. The smallest absolute Gasteiger partial charge is 0.233 e. The normalized spacial score (nSPS) is 17.6. The van der Waals surface area contributed by atoms with E-state index in [1.807, 2.05) is 55.7 Å². The van der Waals surface area contributed by atoms with Crippen LogP contribution in [0.4, 0.5) is 0 Å². The first-order valence-electron chi connectivity index (χ1n) is 8.40. The molecule has 2 heterocycles. The molecule has 1 aliphatic heterocycles. The number of fused-ring (bicyclic) bond motifs is 1. The summed E-state index contributed by atoms with van der Waals surface area (Å²) in [7, 11) is 1.85. The van der Waals surface area contributed by atoms with E-state index in [1.165, 1.54) is 4.90 Å². The lowest BCUT2D eigenvalue weighted by Gasteiger charge is -2.16. The molecule has 3 aromatic rings. The molecular weight excluding hydrogens is 314 g/mol. The van der Waals surface area contributed by atoms with Gasteiger partial charge in [0, 0.05) is 19.7 Å². The number of aromatic nitrogens is 2. The van der Waals surface area contributed by atoms with Crippen LogP contribution in [0.15, 0.2) is 54.9 Å². The van der Waals surface area contributed by atoms with Crippen LogP contribution in [0.1, 0.15) is 17.5 Å². The number of imide groups is 1. The Bertz CT molecular complexity index is 955. The Hall–Kier alpha value is -2.95. The maximum absolute atomic E-state index is 12.7. The van der Waals surface area contributed by atoms with E-state index in [0.29, 0.717) is 13.0 Å². The summed E-state index contributed by atoms with van der Waals surface area (Å²) < 4.78 is 1.71. The lowest BCUT2D eigenvalue weighted by molar-refractivity contribution is -0.140. The second-order valence-corrected chi connectivity index (χ2v) is 6.58. The molecule has 0 bridgehead atoms. The highest BCUT2D eigenvalue weighted by Gasteiger charge is 2.38. The summed E-state index contributed by atoms with van der Waals surface area (Å²) in [6.07, 6.45) is 4.49. The van der Waals surface area contributed by atoms with Crippen molar-refractivity contribution in [3.63, 3.8) is 0 Å². The van der Waals surface area contributed by atoms with Crippen molar-refractivity contribution in [1.82, 2.24) is 14.7 Å². The van der Waals surface area contributed by atoms with Crippen LogP contribution in [0.3, 0.4) is 0 Å². The van der Waals surface area contributed by atoms with Crippen molar-refractivity contribution in [1.29, 1.82) is 0 Å². The van der Waals surface area contributed by atoms with E-state index in [4.69, 9.17) is 0 Å². The fourth-order valence-electron chi connectivity index (χ4n) is 3.54. The second-order valence-electron chi connectivity index (χ2n) is 6.58. The fraction of sp³-hybridized carbons (Fsp3) is 0.250. The topological polar surface area (TPSA) is 55.2 Å². The molecule has 1 atom stereocenters. The van der Waals surface area contributed by atoms with Gasteiger partial charge in [-0.05, 0) is 28.3 Å². The van der Waals surface area contributed by atoms with Gasteiger partial charge in [-0.2, -0.15) is 5.10 Å². The molecule has 0 unspecified atom stereocenters. The van der Waals surface area contributed by atoms with Crippen molar-refractivity contribution in [2.24, 2.45) is 13.0 Å². The average Bonchev–Trinajstić information content (AvgIpc) is 3.13. The Labute approximate surface area is 145 Å². The van der Waals surface area contributed by atoms with Crippen LogP contribution in [0.25, 0.3) is 10.8 Å². The van der Waals surface area contributed by atoms with E-state index in [9.17, 15) is 9.59 Å². The summed E-state index contributed by atoms with van der Waals surface area (Å²) in [5.74, 6) is -0.458. The van der Waals surface area contributed by atoms with Gasteiger partial charge in [-0.15, -0.1) is 0 Å². The van der Waals surface area contributed by atoms with Crippen LogP contribution in [0, 0.1) is 5.92 Å². The Morgan fingerprint density at radius 2 is 1.92 bits per heavy atom. The zero-order valence-electron chi connectivity index (χ0n) is 14.1. The van der Waals surface area contributed by atoms with Crippen LogP contribution >= 0.6 is 0 Å². The minimum atomic E-state index is -0.285. The molecule has 1 fully saturated rings. The molecule has 0 spiro atoms. The number of nitrogens with zero attached hydrogens (tertiary/aromatic N) is 3. The molecule has 2 amide bonds. The molecule has 1 saturated heterocycles. The van der Waals surface area contributed by atoms with Gasteiger partial charge in [0.1, 0.15) is 0 Å². The van der Waals surface area contributed by atoms with Crippen molar-refractivity contribution in [3.05, 3.63) is 66.0 Å². The van der Waals surface area contributed by atoms with Crippen molar-refractivity contribution >= 4 is 22.6 Å². The lowest BCUT2D eigenvalue weighted by atomic mass is 10.00. The first-order chi connectivity index (χ1) is 12.1. The molecule has 0 radical (unpaired) electrons. The SMILES string of the molecule is Cn1cc(C[C@H]2CC(=O)N(Cc3cccc4ccccc34)C2=O)cn1. The largest absolute Gasteiger partial charge is 0.278 e. The Morgan fingerprint density at radius 3 is 2.72 bits per heavy atom. The first kappa shape index (κ1) is 15.6. The van der Waals surface area contributed by atoms with E-state index in [2.05, 4.69) is 5.10 Å². The number of carbonyl (C=O) groups excluding carboxylic acids is 2. The maximum Gasteiger partial charge on any atom is 0.233 e. The third-order valence-corrected chi connectivity index (χ3v) is 4.79. The summed E-state index contributed by atoms with van der Waals surface area (Å²) >= 11 is 0. The minimum Gasteiger partial charge on any atom is -0.278 e. The standard InChI is InChI=1S/C20H19N3O2/c1-22-12-14(11-21-22)9-17-10-19(24)23(20(17)25)13-16-7-4-6-15-5-2-3-8-18(15)16/h2-8,11-12,17H,9-10,13H2,1H3/t17-/m0/s1. The summed E-state index contributed by atoms with van der Waals surface area (Å²) in [5.41, 5.74) is 1.99. The summed E-state index contributed by atoms with van der Waals surface area (Å²) in [4.78, 5) is 26.6. The average molecular weight is 333 g/mol. The van der Waals surface area contributed by atoms with Gasteiger partial charge < -0.3 is 0 Å². The van der Waals surface area contributed by atoms with Gasteiger partial charge in [0.05, 0.1) is 18.7 Å². The fourth-order valence-corrected chi connectivity index (χ4v) is 3.54. The highest BCUT2D eigenvalue weighted by atomic mass is 16.2. The monoisotopic (exact) mass is 333 g/mol. The predicted octanol–water partition coefficient (Wildman–Crippen LogP) is 2.69. The van der Waals surface area contributed by atoms with E-state index in [-0.39, 0.29) is 24.2 Å². The van der Waals surface area contributed by atoms with Gasteiger partial charge >= 0.3 is 0 Å². The summed E-state index contributed by atoms with van der Waals surface area (Å²) in [6, 6.07) is 14.0. The molecule has 0 saturated carbocycles. The number of amides is 2. The molecule has 0 N–H and O–H groups in total. The van der Waals surface area contributed by atoms with Crippen LogP contribution in [0.2, 0.25) is 0 Å². The maximum atomic E-state index is 12.7. The highest BCUT2D eigenvalue weighted by Crippen LogP contribution is 2.27. The van der Waals surface area contributed by atoms with Gasteiger partial charge in [0.25, 0.3) is 0 Å². The van der Waals surface area contributed by atoms with E-state index in [0.717, 1.165) is 21.9 Å². The zero-order chi connectivity index (χ0) is 17.4. The number of benzene rings is 2. The molecular formula is C20H19N3O2. The van der Waals surface area contributed by atoms with Crippen molar-refractivity contribution < 1.29 is 9.59 Å². The molecule has 1 aliphatic rings. The van der Waals surface area contributed by atoms with Crippen molar-refractivity contribution in [3.8, 4) is 0 Å². The van der Waals surface area contributed by atoms with Gasteiger partial charge in [-0.3, -0.25) is 19.2 Å². The number of hydrogen-bond donors (Lipinski definition) is 0. The summed E-state index contributed by atoms with van der Waals surface area (Å²) in [5, 5.41) is 6.33. The quantitative estimate of drug-likeness (QED) is 0.690. The molecule has 5 heteroatoms. The number of likely N-dealkylation sites (tertiary alicyclic amines) is 1. The number of carbonyl (C=O) groups is 2. The third-order valence-electron chi connectivity index (χ3n) is 4.79. The van der Waals surface area contributed by atoms with Crippen LogP contribution in [-0.4, -0.2) is 26.5 Å². The number of aryl methyl sites for hydroxylation is 1. The molecule has 4 rings (SSSR count). The Kier molecular flexibility index (Phi) is 3.84. The minimum absolute atomic E-state index is 0.0817. The molecule has 126 valence electrons. The molecule has 0 aliphatic carbocycles. The van der Waals surface area contributed by atoms with Crippen LogP contribution < -0.4 is 0 Å². The number of hydrogen-bond acceptors (Lipinski definition) is 3. The third kappa shape index (κ3) is 2.93. The van der Waals surface area contributed by atoms with Gasteiger partial charge in [0.15, 0.2) is 0 Å². The Balaban J connectivity index is 1.56. The first-order valence-corrected chi connectivity index (χ1v) is 8.40. The molecule has 1 aromatic heterocycles. The van der Waals surface area contributed by atoms with E-state index in [1.54, 1.807) is 10.9 Å². The van der Waals surface area contributed by atoms with E-state index < -0.39 is 0 Å². The second kappa shape index (κ2) is 6.16.